The zero-order chi connectivity index (χ0) is 19.6. The summed E-state index contributed by atoms with van der Waals surface area (Å²) in [7, 11) is 0. The minimum absolute atomic E-state index is 0.0278. The van der Waals surface area contributed by atoms with Gasteiger partial charge in [-0.25, -0.2) is 0 Å². The fraction of sp³-hybridized carbons (Fsp3) is 0.958. The maximum atomic E-state index is 12.5. The van der Waals surface area contributed by atoms with Gasteiger partial charge in [0.25, 0.3) is 0 Å². The van der Waals surface area contributed by atoms with Crippen molar-refractivity contribution in [3.63, 3.8) is 0 Å². The summed E-state index contributed by atoms with van der Waals surface area (Å²) < 4.78 is 12.5. The summed E-state index contributed by atoms with van der Waals surface area (Å²) in [6.07, 6.45) is 8.77. The minimum Gasteiger partial charge on any atom is -0.436 e. The lowest BCUT2D eigenvalue weighted by molar-refractivity contribution is -0.338. The van der Waals surface area contributed by atoms with Gasteiger partial charge in [-0.3, -0.25) is 4.79 Å². The standard InChI is InChI=1S/C22H34O3.C2H6/c1-5-21(3,4)20(23)24-12(2)25-22-11-14-7-16-15-6-13(9-18(16)22)10-19(22)17(15)8-14;1-2/h12-19H,5-11H2,1-4H3;1-2H3. The summed E-state index contributed by atoms with van der Waals surface area (Å²) >= 11 is 0. The molecule has 0 aromatic carbocycles. The van der Waals surface area contributed by atoms with Gasteiger partial charge in [0.05, 0.1) is 11.0 Å². The molecule has 3 nitrogen and oxygen atoms in total. The number of hydrogen-bond donors (Lipinski definition) is 0. The van der Waals surface area contributed by atoms with Crippen LogP contribution in [0, 0.1) is 46.8 Å². The van der Waals surface area contributed by atoms with Crippen LogP contribution in [-0.2, 0) is 14.3 Å². The van der Waals surface area contributed by atoms with Gasteiger partial charge >= 0.3 is 5.97 Å². The second kappa shape index (κ2) is 6.75. The zero-order valence-corrected chi connectivity index (χ0v) is 18.3. The number of carbonyl (C=O) groups is 1. The van der Waals surface area contributed by atoms with E-state index in [0.717, 1.165) is 47.8 Å². The van der Waals surface area contributed by atoms with Crippen LogP contribution in [0.1, 0.15) is 86.5 Å². The van der Waals surface area contributed by atoms with Crippen molar-refractivity contribution in [2.45, 2.75) is 98.4 Å². The first-order valence-electron chi connectivity index (χ1n) is 11.7. The molecule has 3 heteroatoms. The van der Waals surface area contributed by atoms with Gasteiger partial charge in [0, 0.05) is 0 Å². The van der Waals surface area contributed by atoms with E-state index < -0.39 is 11.7 Å². The van der Waals surface area contributed by atoms with Crippen LogP contribution < -0.4 is 0 Å². The summed E-state index contributed by atoms with van der Waals surface area (Å²) in [6.45, 7) is 11.9. The molecule has 0 spiro atoms. The third kappa shape index (κ3) is 2.81. The van der Waals surface area contributed by atoms with Crippen molar-refractivity contribution < 1.29 is 14.3 Å². The van der Waals surface area contributed by atoms with Gasteiger partial charge in [0.15, 0.2) is 0 Å². The second-order valence-corrected chi connectivity index (χ2v) is 10.6. The molecule has 0 amide bonds. The van der Waals surface area contributed by atoms with Crippen LogP contribution in [0.25, 0.3) is 0 Å². The molecule has 7 aliphatic carbocycles. The lowest BCUT2D eigenvalue weighted by Crippen LogP contribution is -2.72. The Morgan fingerprint density at radius 1 is 1.00 bits per heavy atom. The molecule has 7 aliphatic rings. The van der Waals surface area contributed by atoms with Gasteiger partial charge in [-0.1, -0.05) is 20.8 Å². The Morgan fingerprint density at radius 3 is 2.11 bits per heavy atom. The maximum absolute atomic E-state index is 12.5. The number of hydrogen-bond acceptors (Lipinski definition) is 3. The lowest BCUT2D eigenvalue weighted by Gasteiger charge is -2.74. The molecule has 5 atom stereocenters. The van der Waals surface area contributed by atoms with Crippen molar-refractivity contribution in [2.24, 2.45) is 46.8 Å². The fourth-order valence-electron chi connectivity index (χ4n) is 7.88. The topological polar surface area (TPSA) is 35.5 Å². The number of carbonyl (C=O) groups excluding carboxylic acids is 1. The van der Waals surface area contributed by atoms with Crippen molar-refractivity contribution >= 4 is 5.97 Å². The number of rotatable bonds is 5. The van der Waals surface area contributed by atoms with E-state index in [-0.39, 0.29) is 11.6 Å². The third-order valence-electron chi connectivity index (χ3n) is 9.08. The van der Waals surface area contributed by atoms with E-state index >= 15 is 0 Å². The first-order chi connectivity index (χ1) is 12.8. The molecule has 0 heterocycles. The molecule has 7 saturated carbocycles. The highest BCUT2D eigenvalue weighted by atomic mass is 16.7. The Bertz CT molecular complexity index is 558. The quantitative estimate of drug-likeness (QED) is 0.448. The molecule has 7 rings (SSSR count). The fourth-order valence-corrected chi connectivity index (χ4v) is 7.88. The Balaban J connectivity index is 0.000000872. The van der Waals surface area contributed by atoms with E-state index in [9.17, 15) is 4.79 Å². The van der Waals surface area contributed by atoms with Gasteiger partial charge in [0.2, 0.25) is 6.29 Å². The van der Waals surface area contributed by atoms with Crippen LogP contribution in [0.4, 0.5) is 0 Å². The molecule has 7 fully saturated rings. The first-order valence-corrected chi connectivity index (χ1v) is 11.7. The van der Waals surface area contributed by atoms with E-state index in [1.165, 1.54) is 38.5 Å². The molecule has 27 heavy (non-hydrogen) atoms. The van der Waals surface area contributed by atoms with Crippen molar-refractivity contribution in [1.82, 2.24) is 0 Å². The van der Waals surface area contributed by atoms with Crippen LogP contribution in [0.2, 0.25) is 0 Å². The summed E-state index contributed by atoms with van der Waals surface area (Å²) in [6, 6.07) is 0. The molecule has 154 valence electrons. The van der Waals surface area contributed by atoms with E-state index in [0.29, 0.717) is 0 Å². The van der Waals surface area contributed by atoms with Gasteiger partial charge in [-0.15, -0.1) is 0 Å². The van der Waals surface area contributed by atoms with Crippen LogP contribution in [0.15, 0.2) is 0 Å². The third-order valence-corrected chi connectivity index (χ3v) is 9.08. The molecule has 8 bridgehead atoms. The molecule has 0 saturated heterocycles. The minimum atomic E-state index is -0.420. The predicted octanol–water partition coefficient (Wildman–Crippen LogP) is 5.82. The summed E-state index contributed by atoms with van der Waals surface area (Å²) in [5.74, 6) is 5.99. The summed E-state index contributed by atoms with van der Waals surface area (Å²) in [5, 5.41) is 0. The largest absolute Gasteiger partial charge is 0.436 e. The number of ether oxygens (including phenoxy) is 2. The Hall–Kier alpha value is -0.570. The summed E-state index contributed by atoms with van der Waals surface area (Å²) in [5.41, 5.74) is -0.392. The molecule has 0 N–H and O–H groups in total. The lowest BCUT2D eigenvalue weighted by atomic mass is 9.34. The van der Waals surface area contributed by atoms with E-state index in [1.54, 1.807) is 0 Å². The smallest absolute Gasteiger partial charge is 0.313 e. The van der Waals surface area contributed by atoms with Gasteiger partial charge in [-0.2, -0.15) is 0 Å². The molecular weight excluding hydrogens is 336 g/mol. The summed E-state index contributed by atoms with van der Waals surface area (Å²) in [4.78, 5) is 12.5. The first kappa shape index (κ1) is 19.7. The van der Waals surface area contributed by atoms with E-state index in [1.807, 2.05) is 41.5 Å². The van der Waals surface area contributed by atoms with Crippen molar-refractivity contribution in [1.29, 1.82) is 0 Å². The van der Waals surface area contributed by atoms with Gasteiger partial charge in [0.1, 0.15) is 0 Å². The maximum Gasteiger partial charge on any atom is 0.313 e. The van der Waals surface area contributed by atoms with Crippen LogP contribution >= 0.6 is 0 Å². The highest BCUT2D eigenvalue weighted by molar-refractivity contribution is 5.75. The molecule has 0 aromatic heterocycles. The van der Waals surface area contributed by atoms with Crippen molar-refractivity contribution in [2.75, 3.05) is 0 Å². The van der Waals surface area contributed by atoms with E-state index in [4.69, 9.17) is 9.47 Å². The normalized spacial score (nSPS) is 46.8. The van der Waals surface area contributed by atoms with Crippen LogP contribution in [0.5, 0.6) is 0 Å². The van der Waals surface area contributed by atoms with Gasteiger partial charge < -0.3 is 9.47 Å². The van der Waals surface area contributed by atoms with E-state index in [2.05, 4.69) is 0 Å². The van der Waals surface area contributed by atoms with Crippen LogP contribution in [0.3, 0.4) is 0 Å². The van der Waals surface area contributed by atoms with Gasteiger partial charge in [-0.05, 0) is 107 Å². The number of esters is 1. The Kier molecular flexibility index (Phi) is 4.93. The Labute approximate surface area is 165 Å². The molecular formula is C24H40O3. The van der Waals surface area contributed by atoms with Crippen molar-refractivity contribution in [3.05, 3.63) is 0 Å². The average Bonchev–Trinajstić information content (AvgIpc) is 2.66. The van der Waals surface area contributed by atoms with Crippen LogP contribution in [-0.4, -0.2) is 17.9 Å². The Morgan fingerprint density at radius 2 is 1.56 bits per heavy atom. The highest BCUT2D eigenvalue weighted by Gasteiger charge is 2.71. The zero-order valence-electron chi connectivity index (χ0n) is 18.3. The average molecular weight is 377 g/mol. The molecule has 0 radical (unpaired) electrons. The second-order valence-electron chi connectivity index (χ2n) is 10.6. The molecule has 0 aliphatic heterocycles. The SMILES string of the molecule is CC.CCC(C)(C)C(=O)OC(C)OC12CC3CC4C5CC(CC41)CC2C5C3. The van der Waals surface area contributed by atoms with Crippen molar-refractivity contribution in [3.8, 4) is 0 Å². The molecule has 5 unspecified atom stereocenters. The monoisotopic (exact) mass is 376 g/mol. The molecule has 0 aromatic rings. The predicted molar refractivity (Wildman–Crippen MR) is 107 cm³/mol. The highest BCUT2D eigenvalue weighted by Crippen LogP contribution is 2.73.